The summed E-state index contributed by atoms with van der Waals surface area (Å²) < 4.78 is 0. The number of carboxylic acids is 1. The number of thioether (sulfide) groups is 1. The first kappa shape index (κ1) is 16.6. The Bertz CT molecular complexity index is 488. The number of rotatable bonds is 7. The van der Waals surface area contributed by atoms with Gasteiger partial charge in [0.2, 0.25) is 5.91 Å². The molecule has 110 valence electrons. The zero-order chi connectivity index (χ0) is 15.1. The number of carbonyl (C=O) groups excluding carboxylic acids is 1. The molecule has 1 unspecified atom stereocenters. The molecule has 0 aliphatic carbocycles. The lowest BCUT2D eigenvalue weighted by atomic mass is 10.2. The molecule has 1 rings (SSSR count). The van der Waals surface area contributed by atoms with Crippen LogP contribution in [0.1, 0.15) is 30.9 Å². The van der Waals surface area contributed by atoms with Crippen molar-refractivity contribution >= 4 is 23.6 Å². The average Bonchev–Trinajstić information content (AvgIpc) is 2.37. The third-order valence-electron chi connectivity index (χ3n) is 2.90. The summed E-state index contributed by atoms with van der Waals surface area (Å²) in [4.78, 5) is 23.4. The Hall–Kier alpha value is -1.49. The monoisotopic (exact) mass is 295 g/mol. The molecule has 0 spiro atoms. The molecule has 0 heterocycles. The fourth-order valence-corrected chi connectivity index (χ4v) is 2.67. The summed E-state index contributed by atoms with van der Waals surface area (Å²) >= 11 is 1.51. The van der Waals surface area contributed by atoms with E-state index in [1.807, 2.05) is 32.9 Å². The van der Waals surface area contributed by atoms with Gasteiger partial charge in [0.1, 0.15) is 0 Å². The predicted octanol–water partition coefficient (Wildman–Crippen LogP) is 2.77. The smallest absolute Gasteiger partial charge is 0.303 e. The summed E-state index contributed by atoms with van der Waals surface area (Å²) in [6.07, 6.45) is 0.529. The van der Waals surface area contributed by atoms with Crippen molar-refractivity contribution < 1.29 is 14.7 Å². The molecule has 0 fully saturated rings. The minimum atomic E-state index is -0.837. The Morgan fingerprint density at radius 2 is 2.05 bits per heavy atom. The normalized spacial score (nSPS) is 11.9. The molecule has 1 atom stereocenters. The highest BCUT2D eigenvalue weighted by atomic mass is 32.2. The van der Waals surface area contributed by atoms with Crippen molar-refractivity contribution in [2.75, 3.05) is 5.75 Å². The zero-order valence-corrected chi connectivity index (χ0v) is 12.9. The number of nitrogens with one attached hydrogen (secondary N) is 1. The van der Waals surface area contributed by atoms with Crippen molar-refractivity contribution in [2.45, 2.75) is 44.6 Å². The van der Waals surface area contributed by atoms with Gasteiger partial charge in [0, 0.05) is 17.4 Å². The van der Waals surface area contributed by atoms with Crippen LogP contribution in [0.4, 0.5) is 0 Å². The highest BCUT2D eigenvalue weighted by Crippen LogP contribution is 2.23. The molecule has 5 heteroatoms. The fourth-order valence-electron chi connectivity index (χ4n) is 1.73. The zero-order valence-electron chi connectivity index (χ0n) is 12.1. The second kappa shape index (κ2) is 7.94. The first-order chi connectivity index (χ1) is 9.38. The van der Waals surface area contributed by atoms with E-state index in [0.29, 0.717) is 12.2 Å². The lowest BCUT2D eigenvalue weighted by molar-refractivity contribution is -0.137. The predicted molar refractivity (Wildman–Crippen MR) is 81.1 cm³/mol. The number of amides is 1. The number of hydrogen-bond donors (Lipinski definition) is 2. The topological polar surface area (TPSA) is 66.4 Å². The molecular weight excluding hydrogens is 274 g/mol. The van der Waals surface area contributed by atoms with Gasteiger partial charge < -0.3 is 10.4 Å². The van der Waals surface area contributed by atoms with Gasteiger partial charge in [0.25, 0.3) is 0 Å². The van der Waals surface area contributed by atoms with Gasteiger partial charge in [-0.3, -0.25) is 9.59 Å². The molecule has 0 aliphatic heterocycles. The molecule has 1 amide bonds. The Kier molecular flexibility index (Phi) is 6.58. The molecule has 0 radical (unpaired) electrons. The molecule has 0 aromatic heterocycles. The van der Waals surface area contributed by atoms with Crippen molar-refractivity contribution in [3.05, 3.63) is 29.3 Å². The third kappa shape index (κ3) is 6.10. The van der Waals surface area contributed by atoms with Crippen LogP contribution in [0.5, 0.6) is 0 Å². The maximum atomic E-state index is 11.8. The molecule has 20 heavy (non-hydrogen) atoms. The van der Waals surface area contributed by atoms with E-state index in [4.69, 9.17) is 5.11 Å². The number of carbonyl (C=O) groups is 2. The third-order valence-corrected chi connectivity index (χ3v) is 4.06. The maximum absolute atomic E-state index is 11.8. The highest BCUT2D eigenvalue weighted by molar-refractivity contribution is 8.00. The molecule has 4 nitrogen and oxygen atoms in total. The Morgan fingerprint density at radius 1 is 1.35 bits per heavy atom. The lowest BCUT2D eigenvalue weighted by Gasteiger charge is -2.13. The van der Waals surface area contributed by atoms with E-state index >= 15 is 0 Å². The van der Waals surface area contributed by atoms with E-state index in [1.54, 1.807) is 0 Å². The molecule has 0 bridgehead atoms. The van der Waals surface area contributed by atoms with Crippen molar-refractivity contribution in [3.8, 4) is 0 Å². The van der Waals surface area contributed by atoms with Gasteiger partial charge in [-0.15, -0.1) is 11.8 Å². The number of carboxylic acid groups (broad SMARTS) is 1. The molecule has 0 saturated heterocycles. The van der Waals surface area contributed by atoms with Crippen molar-refractivity contribution in [1.29, 1.82) is 0 Å². The Labute approximate surface area is 124 Å². The molecule has 1 aromatic carbocycles. The van der Waals surface area contributed by atoms with Crippen LogP contribution in [-0.2, 0) is 9.59 Å². The highest BCUT2D eigenvalue weighted by Gasteiger charge is 2.10. The van der Waals surface area contributed by atoms with E-state index in [9.17, 15) is 9.59 Å². The van der Waals surface area contributed by atoms with Gasteiger partial charge in [-0.25, -0.2) is 0 Å². The largest absolute Gasteiger partial charge is 0.481 e. The van der Waals surface area contributed by atoms with Crippen molar-refractivity contribution in [1.82, 2.24) is 5.32 Å². The van der Waals surface area contributed by atoms with Gasteiger partial charge in [0.05, 0.1) is 5.75 Å². The van der Waals surface area contributed by atoms with Crippen LogP contribution in [0.15, 0.2) is 23.1 Å². The summed E-state index contributed by atoms with van der Waals surface area (Å²) in [5, 5.41) is 11.4. The number of hydrogen-bond acceptors (Lipinski definition) is 3. The summed E-state index contributed by atoms with van der Waals surface area (Å²) in [5.41, 5.74) is 2.33. The number of aryl methyl sites for hydroxylation is 2. The molecule has 0 saturated carbocycles. The SMILES string of the molecule is Cc1ccc(C)c(SCC(=O)NC(C)CCC(=O)O)c1. The van der Waals surface area contributed by atoms with E-state index in [1.165, 1.54) is 17.3 Å². The van der Waals surface area contributed by atoms with E-state index in [2.05, 4.69) is 11.4 Å². The molecule has 0 aliphatic rings. The number of aliphatic carboxylic acids is 1. The Balaban J connectivity index is 2.39. The summed E-state index contributed by atoms with van der Waals surface area (Å²) in [7, 11) is 0. The van der Waals surface area contributed by atoms with Gasteiger partial charge in [-0.1, -0.05) is 17.7 Å². The fraction of sp³-hybridized carbons (Fsp3) is 0.467. The van der Waals surface area contributed by atoms with Crippen LogP contribution >= 0.6 is 11.8 Å². The van der Waals surface area contributed by atoms with Gasteiger partial charge in [-0.2, -0.15) is 0 Å². The molecular formula is C15H21NO3S. The van der Waals surface area contributed by atoms with Crippen LogP contribution in [0, 0.1) is 13.8 Å². The minimum absolute atomic E-state index is 0.0613. The van der Waals surface area contributed by atoms with Crippen LogP contribution < -0.4 is 5.32 Å². The minimum Gasteiger partial charge on any atom is -0.481 e. The molecule has 2 N–H and O–H groups in total. The first-order valence-electron chi connectivity index (χ1n) is 6.59. The van der Waals surface area contributed by atoms with E-state index in [-0.39, 0.29) is 18.4 Å². The standard InChI is InChI=1S/C15H21NO3S/c1-10-4-5-11(2)13(8-10)20-9-14(17)16-12(3)6-7-15(18)19/h4-5,8,12H,6-7,9H2,1-3H3,(H,16,17)(H,18,19). The van der Waals surface area contributed by atoms with Crippen LogP contribution in [0.2, 0.25) is 0 Å². The van der Waals surface area contributed by atoms with Gasteiger partial charge >= 0.3 is 5.97 Å². The van der Waals surface area contributed by atoms with Crippen molar-refractivity contribution in [3.63, 3.8) is 0 Å². The second-order valence-electron chi connectivity index (χ2n) is 4.96. The summed E-state index contributed by atoms with van der Waals surface area (Å²) in [6, 6.07) is 6.05. The molecule has 1 aromatic rings. The summed E-state index contributed by atoms with van der Waals surface area (Å²) in [5.74, 6) is -0.550. The first-order valence-corrected chi connectivity index (χ1v) is 7.58. The number of benzene rings is 1. The summed E-state index contributed by atoms with van der Waals surface area (Å²) in [6.45, 7) is 5.87. The van der Waals surface area contributed by atoms with Gasteiger partial charge in [0.15, 0.2) is 0 Å². The maximum Gasteiger partial charge on any atom is 0.303 e. The van der Waals surface area contributed by atoms with Crippen LogP contribution in [0.3, 0.4) is 0 Å². The van der Waals surface area contributed by atoms with E-state index in [0.717, 1.165) is 10.5 Å². The van der Waals surface area contributed by atoms with E-state index < -0.39 is 5.97 Å². The lowest BCUT2D eigenvalue weighted by Crippen LogP contribution is -2.34. The second-order valence-corrected chi connectivity index (χ2v) is 5.98. The van der Waals surface area contributed by atoms with Gasteiger partial charge in [-0.05, 0) is 38.8 Å². The Morgan fingerprint density at radius 3 is 2.70 bits per heavy atom. The quantitative estimate of drug-likeness (QED) is 0.759. The van der Waals surface area contributed by atoms with Crippen molar-refractivity contribution in [2.24, 2.45) is 0 Å². The van der Waals surface area contributed by atoms with Crippen LogP contribution in [-0.4, -0.2) is 28.8 Å². The average molecular weight is 295 g/mol. The van der Waals surface area contributed by atoms with Crippen LogP contribution in [0.25, 0.3) is 0 Å².